The molecule has 2 aliphatic heterocycles. The van der Waals surface area contributed by atoms with Gasteiger partial charge in [0.15, 0.2) is 0 Å². The molecule has 230 valence electrons. The fraction of sp³-hybridized carbons (Fsp3) is 0.500. The van der Waals surface area contributed by atoms with Gasteiger partial charge in [0, 0.05) is 77.0 Å². The Labute approximate surface area is 242 Å². The molecule has 2 aromatic rings. The van der Waals surface area contributed by atoms with Crippen LogP contribution in [0.3, 0.4) is 0 Å². The summed E-state index contributed by atoms with van der Waals surface area (Å²) in [4.78, 5) is 44.4. The Kier molecular flexibility index (Phi) is 12.5. The number of nitrogens with zero attached hydrogens (tertiary/aromatic N) is 4. The van der Waals surface area contributed by atoms with Gasteiger partial charge in [0.2, 0.25) is 0 Å². The van der Waals surface area contributed by atoms with Crippen molar-refractivity contribution in [3.05, 3.63) is 59.9 Å². The number of likely N-dealkylation sites (tertiary alicyclic amines) is 1. The number of benzene rings is 1. The van der Waals surface area contributed by atoms with E-state index in [2.05, 4.69) is 30.3 Å². The van der Waals surface area contributed by atoms with Crippen LogP contribution in [0.1, 0.15) is 24.0 Å². The first-order valence-electron chi connectivity index (χ1n) is 13.7. The van der Waals surface area contributed by atoms with Crippen molar-refractivity contribution in [1.82, 2.24) is 25.4 Å². The number of anilines is 1. The highest BCUT2D eigenvalue weighted by Crippen LogP contribution is 2.17. The highest BCUT2D eigenvalue weighted by molar-refractivity contribution is 6.35. The molecule has 2 amide bonds. The molecule has 14 heteroatoms. The minimum Gasteiger partial charge on any atom is -0.475 e. The molecule has 4 N–H and O–H groups in total. The summed E-state index contributed by atoms with van der Waals surface area (Å²) >= 11 is 0. The van der Waals surface area contributed by atoms with E-state index in [0.717, 1.165) is 69.8 Å². The number of halogens is 3. The van der Waals surface area contributed by atoms with E-state index < -0.39 is 24.0 Å². The van der Waals surface area contributed by atoms with Gasteiger partial charge in [-0.2, -0.15) is 13.2 Å². The highest BCUT2D eigenvalue weighted by atomic mass is 19.4. The van der Waals surface area contributed by atoms with Crippen molar-refractivity contribution in [2.24, 2.45) is 0 Å². The molecule has 0 radical (unpaired) electrons. The summed E-state index contributed by atoms with van der Waals surface area (Å²) in [5.74, 6) is -3.96. The van der Waals surface area contributed by atoms with E-state index in [1.807, 2.05) is 48.8 Å². The molecule has 2 fully saturated rings. The first-order chi connectivity index (χ1) is 20.0. The number of rotatable bonds is 9. The summed E-state index contributed by atoms with van der Waals surface area (Å²) in [6.45, 7) is 7.84. The molecule has 1 unspecified atom stereocenters. The number of β-amino-alcohol motifs (C(OH)–C–C–N with tert-alkyl or cyclic N) is 1. The summed E-state index contributed by atoms with van der Waals surface area (Å²) in [6, 6.07) is 12.0. The molecule has 4 rings (SSSR count). The van der Waals surface area contributed by atoms with Crippen molar-refractivity contribution < 1.29 is 37.8 Å². The van der Waals surface area contributed by atoms with Crippen molar-refractivity contribution in [2.45, 2.75) is 38.2 Å². The number of nitrogens with one attached hydrogen (secondary N) is 2. The predicted octanol–water partition coefficient (Wildman–Crippen LogP) is 1.23. The number of carboxylic acids is 1. The quantitative estimate of drug-likeness (QED) is 0.250. The number of amides is 2. The van der Waals surface area contributed by atoms with E-state index in [4.69, 9.17) is 9.90 Å². The molecule has 1 aromatic carbocycles. The van der Waals surface area contributed by atoms with Gasteiger partial charge in [-0.25, -0.2) is 4.79 Å². The van der Waals surface area contributed by atoms with Crippen LogP contribution in [0, 0.1) is 0 Å². The Morgan fingerprint density at radius 2 is 1.52 bits per heavy atom. The fourth-order valence-electron chi connectivity index (χ4n) is 4.71. The second-order valence-corrected chi connectivity index (χ2v) is 10.1. The lowest BCUT2D eigenvalue weighted by Gasteiger charge is -2.36. The molecule has 11 nitrogen and oxygen atoms in total. The molecule has 1 aromatic heterocycles. The Bertz CT molecular complexity index is 1160. The number of pyridine rings is 1. The minimum absolute atomic E-state index is 0.262. The maximum Gasteiger partial charge on any atom is 0.490 e. The van der Waals surface area contributed by atoms with Crippen LogP contribution in [0.2, 0.25) is 0 Å². The van der Waals surface area contributed by atoms with Crippen molar-refractivity contribution in [2.75, 3.05) is 57.3 Å². The van der Waals surface area contributed by atoms with Crippen molar-refractivity contribution in [3.63, 3.8) is 0 Å². The van der Waals surface area contributed by atoms with Crippen LogP contribution in [0.5, 0.6) is 0 Å². The van der Waals surface area contributed by atoms with Crippen molar-refractivity contribution in [1.29, 1.82) is 0 Å². The number of carbonyl (C=O) groups excluding carboxylic acids is 2. The van der Waals surface area contributed by atoms with Crippen LogP contribution in [0.25, 0.3) is 0 Å². The molecule has 2 aliphatic rings. The molecular formula is C28H37F3N6O5. The summed E-state index contributed by atoms with van der Waals surface area (Å²) in [5, 5.41) is 22.4. The van der Waals surface area contributed by atoms with Crippen LogP contribution < -0.4 is 15.5 Å². The lowest BCUT2D eigenvalue weighted by molar-refractivity contribution is -0.192. The number of hydrogen-bond donors (Lipinski definition) is 4. The number of aliphatic hydroxyl groups is 1. The number of aromatic nitrogens is 1. The average Bonchev–Trinajstić information content (AvgIpc) is 3.39. The number of alkyl halides is 3. The van der Waals surface area contributed by atoms with E-state index in [9.17, 15) is 27.9 Å². The standard InChI is InChI=1S/C26H36N6O3.C2HF3O2/c33-24-8-13-31(20-24)19-22-5-2-1-4-21(22)18-29-26(35)25(34)28-9-3-12-30-14-16-32(17-15-30)23-6-10-27-11-7-23;3-2(4,5)1(6)7/h1-2,4-7,10-11,24,33H,3,8-9,12-20H2,(H,28,34)(H,29,35);(H,6,7). The van der Waals surface area contributed by atoms with Crippen molar-refractivity contribution in [3.8, 4) is 0 Å². The van der Waals surface area contributed by atoms with Gasteiger partial charge in [-0.3, -0.25) is 24.4 Å². The summed E-state index contributed by atoms with van der Waals surface area (Å²) in [7, 11) is 0. The lowest BCUT2D eigenvalue weighted by Crippen LogP contribution is -2.47. The third kappa shape index (κ3) is 10.9. The molecule has 3 heterocycles. The van der Waals surface area contributed by atoms with Gasteiger partial charge in [0.1, 0.15) is 0 Å². The number of aliphatic hydroxyl groups excluding tert-OH is 1. The van der Waals surface area contributed by atoms with Gasteiger partial charge >= 0.3 is 24.0 Å². The Morgan fingerprint density at radius 1 is 0.905 bits per heavy atom. The molecule has 0 bridgehead atoms. The molecule has 2 saturated heterocycles. The van der Waals surface area contributed by atoms with Gasteiger partial charge in [-0.15, -0.1) is 0 Å². The molecular weight excluding hydrogens is 557 g/mol. The van der Waals surface area contributed by atoms with Gasteiger partial charge in [0.05, 0.1) is 6.10 Å². The van der Waals surface area contributed by atoms with Crippen LogP contribution >= 0.6 is 0 Å². The molecule has 1 atom stereocenters. The summed E-state index contributed by atoms with van der Waals surface area (Å²) < 4.78 is 31.7. The highest BCUT2D eigenvalue weighted by Gasteiger charge is 2.38. The van der Waals surface area contributed by atoms with Crippen LogP contribution in [0.15, 0.2) is 48.8 Å². The maximum absolute atomic E-state index is 12.3. The largest absolute Gasteiger partial charge is 0.490 e. The Hall–Kier alpha value is -3.75. The summed E-state index contributed by atoms with van der Waals surface area (Å²) in [5.41, 5.74) is 3.29. The lowest BCUT2D eigenvalue weighted by atomic mass is 10.1. The van der Waals surface area contributed by atoms with Gasteiger partial charge in [-0.05, 0) is 42.6 Å². The topological polar surface area (TPSA) is 138 Å². The average molecular weight is 595 g/mol. The van der Waals surface area contributed by atoms with Crippen LogP contribution in [-0.2, 0) is 27.5 Å². The Morgan fingerprint density at radius 3 is 2.12 bits per heavy atom. The maximum atomic E-state index is 12.3. The third-order valence-corrected chi connectivity index (χ3v) is 6.98. The first kappa shape index (κ1) is 32.8. The van der Waals surface area contributed by atoms with Crippen LogP contribution in [-0.4, -0.2) is 107 Å². The zero-order valence-electron chi connectivity index (χ0n) is 23.2. The van der Waals surface area contributed by atoms with Gasteiger partial charge < -0.3 is 25.7 Å². The van der Waals surface area contributed by atoms with E-state index >= 15 is 0 Å². The SMILES string of the molecule is O=C(NCCCN1CCN(c2ccncc2)CC1)C(=O)NCc1ccccc1CN1CCC(O)C1.O=C(O)C(F)(F)F. The van der Waals surface area contributed by atoms with Gasteiger partial charge in [-0.1, -0.05) is 24.3 Å². The van der Waals surface area contributed by atoms with E-state index in [1.165, 1.54) is 5.69 Å². The first-order valence-corrected chi connectivity index (χ1v) is 13.7. The third-order valence-electron chi connectivity index (χ3n) is 6.98. The van der Waals surface area contributed by atoms with Gasteiger partial charge in [0.25, 0.3) is 0 Å². The zero-order chi connectivity index (χ0) is 30.5. The monoisotopic (exact) mass is 594 g/mol. The molecule has 0 spiro atoms. The summed E-state index contributed by atoms with van der Waals surface area (Å²) in [6.07, 6.45) is -0.109. The fourth-order valence-corrected chi connectivity index (χ4v) is 4.71. The smallest absolute Gasteiger partial charge is 0.475 e. The second kappa shape index (κ2) is 16.0. The van der Waals surface area contributed by atoms with E-state index in [1.54, 1.807) is 0 Å². The number of aliphatic carboxylic acids is 1. The van der Waals surface area contributed by atoms with Crippen molar-refractivity contribution >= 4 is 23.5 Å². The molecule has 42 heavy (non-hydrogen) atoms. The van der Waals surface area contributed by atoms with Crippen LogP contribution in [0.4, 0.5) is 18.9 Å². The normalized spacial score (nSPS) is 17.7. The second-order valence-electron chi connectivity index (χ2n) is 10.1. The predicted molar refractivity (Wildman–Crippen MR) is 148 cm³/mol. The number of carbonyl (C=O) groups is 3. The number of carboxylic acid groups (broad SMARTS) is 1. The molecule has 0 saturated carbocycles. The zero-order valence-corrected chi connectivity index (χ0v) is 23.2. The number of hydrogen-bond acceptors (Lipinski definition) is 8. The number of piperazine rings is 1. The minimum atomic E-state index is -5.08. The molecule has 0 aliphatic carbocycles. The Balaban J connectivity index is 0.000000616. The van der Waals surface area contributed by atoms with E-state index in [-0.39, 0.29) is 6.10 Å². The van der Waals surface area contributed by atoms with E-state index in [0.29, 0.717) is 19.6 Å².